The van der Waals surface area contributed by atoms with Gasteiger partial charge in [-0.05, 0) is 85.8 Å². The number of rotatable bonds is 14. The lowest BCUT2D eigenvalue weighted by Gasteiger charge is -2.15. The van der Waals surface area contributed by atoms with Crippen LogP contribution in [0, 0.1) is 0 Å². The summed E-state index contributed by atoms with van der Waals surface area (Å²) < 4.78 is 11.7. The number of unbranched alkanes of at least 4 members (excludes halogenated alkanes) is 2. The van der Waals surface area contributed by atoms with Crippen molar-refractivity contribution in [2.45, 2.75) is 39.2 Å². The molecule has 2 aromatic carbocycles. The number of ether oxygens (including phenoxy) is 2. The summed E-state index contributed by atoms with van der Waals surface area (Å²) >= 11 is 1.74. The van der Waals surface area contributed by atoms with Crippen molar-refractivity contribution in [1.29, 1.82) is 0 Å². The topological polar surface area (TPSA) is 106 Å². The molecule has 0 fully saturated rings. The zero-order valence-corrected chi connectivity index (χ0v) is 23.2. The van der Waals surface area contributed by atoms with E-state index in [2.05, 4.69) is 47.2 Å². The van der Waals surface area contributed by atoms with Gasteiger partial charge in [0.25, 0.3) is 0 Å². The molecule has 0 atom stereocenters. The monoisotopic (exact) mass is 545 g/mol. The highest BCUT2D eigenvalue weighted by Crippen LogP contribution is 2.34. The first-order valence-electron chi connectivity index (χ1n) is 13.1. The molecule has 2 aromatic heterocycles. The highest BCUT2D eigenvalue weighted by atomic mass is 32.1. The summed E-state index contributed by atoms with van der Waals surface area (Å²) in [5.41, 5.74) is 9.54. The first-order chi connectivity index (χ1) is 19.1. The number of benzene rings is 2. The van der Waals surface area contributed by atoms with Crippen molar-refractivity contribution in [1.82, 2.24) is 9.97 Å². The molecule has 0 aliphatic heterocycles. The fourth-order valence-electron chi connectivity index (χ4n) is 4.05. The third-order valence-electron chi connectivity index (χ3n) is 6.19. The standard InChI is InChI=1S/C30H35N5O3S/c1-3-27-28(33-30(39-27)35(2)21-22-8-7-17-32-20-22)23-9-13-25(14-10-23)37-18-5-4-6-19-38-26-15-11-24(12-16-26)29(31)34-36/h7-17,20,36H,3-6,18-19,21H2,1-2H3,(H2,31,34). The molecule has 0 bridgehead atoms. The van der Waals surface area contributed by atoms with Crippen LogP contribution in [0.3, 0.4) is 0 Å². The maximum atomic E-state index is 8.73. The zero-order valence-electron chi connectivity index (χ0n) is 22.4. The number of hydrogen-bond acceptors (Lipinski definition) is 8. The second-order valence-corrected chi connectivity index (χ2v) is 10.2. The van der Waals surface area contributed by atoms with E-state index in [9.17, 15) is 0 Å². The number of anilines is 1. The Morgan fingerprint density at radius 3 is 2.23 bits per heavy atom. The van der Waals surface area contributed by atoms with Crippen LogP contribution in [0.4, 0.5) is 5.13 Å². The van der Waals surface area contributed by atoms with E-state index in [1.807, 2.05) is 36.5 Å². The molecule has 0 aliphatic rings. The Kier molecular flexibility index (Phi) is 10.1. The third kappa shape index (κ3) is 7.94. The van der Waals surface area contributed by atoms with Gasteiger partial charge in [0, 0.05) is 42.0 Å². The van der Waals surface area contributed by atoms with Gasteiger partial charge in [0.2, 0.25) is 0 Å². The SMILES string of the molecule is CCc1sc(N(C)Cc2cccnc2)nc1-c1ccc(OCCCCCOc2ccc(C(N)=NO)cc2)cc1. The number of oxime groups is 1. The van der Waals surface area contributed by atoms with Crippen LogP contribution in [-0.2, 0) is 13.0 Å². The van der Waals surface area contributed by atoms with Crippen LogP contribution >= 0.6 is 11.3 Å². The van der Waals surface area contributed by atoms with Crippen molar-refractivity contribution in [3.05, 3.63) is 89.1 Å². The average molecular weight is 546 g/mol. The number of amidine groups is 1. The van der Waals surface area contributed by atoms with Crippen LogP contribution in [0.25, 0.3) is 11.3 Å². The number of thiazole rings is 1. The quantitative estimate of drug-likeness (QED) is 0.0646. The fraction of sp³-hybridized carbons (Fsp3) is 0.300. The van der Waals surface area contributed by atoms with Crippen molar-refractivity contribution in [2.75, 3.05) is 25.2 Å². The molecular weight excluding hydrogens is 510 g/mol. The molecule has 9 heteroatoms. The van der Waals surface area contributed by atoms with Gasteiger partial charge in [-0.3, -0.25) is 4.98 Å². The van der Waals surface area contributed by atoms with Gasteiger partial charge in [0.15, 0.2) is 11.0 Å². The molecule has 39 heavy (non-hydrogen) atoms. The van der Waals surface area contributed by atoms with E-state index in [4.69, 9.17) is 25.4 Å². The van der Waals surface area contributed by atoms with Crippen LogP contribution in [0.15, 0.2) is 78.2 Å². The number of aryl methyl sites for hydroxylation is 1. The first-order valence-corrected chi connectivity index (χ1v) is 13.9. The van der Waals surface area contributed by atoms with Crippen LogP contribution in [0.1, 0.15) is 42.2 Å². The van der Waals surface area contributed by atoms with Gasteiger partial charge in [-0.15, -0.1) is 11.3 Å². The highest BCUT2D eigenvalue weighted by Gasteiger charge is 2.15. The smallest absolute Gasteiger partial charge is 0.186 e. The van der Waals surface area contributed by atoms with E-state index in [1.54, 1.807) is 29.7 Å². The second kappa shape index (κ2) is 14.2. The Morgan fingerprint density at radius 1 is 0.974 bits per heavy atom. The molecule has 8 nitrogen and oxygen atoms in total. The maximum absolute atomic E-state index is 8.73. The lowest BCUT2D eigenvalue weighted by molar-refractivity contribution is 0.279. The molecule has 0 unspecified atom stereocenters. The Morgan fingerprint density at radius 2 is 1.64 bits per heavy atom. The van der Waals surface area contributed by atoms with Crippen molar-refractivity contribution in [2.24, 2.45) is 10.9 Å². The van der Waals surface area contributed by atoms with Gasteiger partial charge >= 0.3 is 0 Å². The van der Waals surface area contributed by atoms with E-state index in [1.165, 1.54) is 4.88 Å². The van der Waals surface area contributed by atoms with Crippen molar-refractivity contribution < 1.29 is 14.7 Å². The summed E-state index contributed by atoms with van der Waals surface area (Å²) in [5.74, 6) is 1.71. The van der Waals surface area contributed by atoms with Crippen LogP contribution in [-0.4, -0.2) is 41.3 Å². The number of nitrogens with zero attached hydrogens (tertiary/aromatic N) is 4. The van der Waals surface area contributed by atoms with E-state index in [-0.39, 0.29) is 5.84 Å². The predicted molar refractivity (Wildman–Crippen MR) is 157 cm³/mol. The van der Waals surface area contributed by atoms with Crippen molar-refractivity contribution in [3.8, 4) is 22.8 Å². The molecular formula is C30H35N5O3S. The molecule has 2 heterocycles. The molecule has 204 valence electrons. The van der Waals surface area contributed by atoms with E-state index in [0.29, 0.717) is 18.8 Å². The molecule has 0 saturated carbocycles. The lowest BCUT2D eigenvalue weighted by atomic mass is 10.1. The van der Waals surface area contributed by atoms with Crippen molar-refractivity contribution >= 4 is 22.3 Å². The molecule has 0 saturated heterocycles. The molecule has 0 aliphatic carbocycles. The minimum Gasteiger partial charge on any atom is -0.494 e. The van der Waals surface area contributed by atoms with Crippen LogP contribution < -0.4 is 20.1 Å². The summed E-state index contributed by atoms with van der Waals surface area (Å²) in [6.45, 7) is 4.23. The number of nitrogens with two attached hydrogens (primary N) is 1. The first kappa shape index (κ1) is 27.9. The molecule has 4 rings (SSSR count). The zero-order chi connectivity index (χ0) is 27.5. The van der Waals surface area contributed by atoms with Crippen molar-refractivity contribution in [3.63, 3.8) is 0 Å². The summed E-state index contributed by atoms with van der Waals surface area (Å²) in [6.07, 6.45) is 7.52. The van der Waals surface area contributed by atoms with E-state index in [0.717, 1.165) is 65.7 Å². The minimum atomic E-state index is 0.0830. The Labute approximate surface area is 233 Å². The number of pyridine rings is 1. The van der Waals surface area contributed by atoms with E-state index < -0.39 is 0 Å². The van der Waals surface area contributed by atoms with Gasteiger partial charge < -0.3 is 25.3 Å². The molecule has 0 radical (unpaired) electrons. The Bertz CT molecular complexity index is 1330. The normalized spacial score (nSPS) is 11.4. The van der Waals surface area contributed by atoms with Crippen LogP contribution in [0.5, 0.6) is 11.5 Å². The maximum Gasteiger partial charge on any atom is 0.186 e. The summed E-state index contributed by atoms with van der Waals surface area (Å²) in [4.78, 5) is 12.6. The summed E-state index contributed by atoms with van der Waals surface area (Å²) in [5, 5.41) is 12.7. The Hall–Kier alpha value is -4.11. The number of aromatic nitrogens is 2. The highest BCUT2D eigenvalue weighted by molar-refractivity contribution is 7.16. The van der Waals surface area contributed by atoms with Gasteiger partial charge in [-0.1, -0.05) is 18.1 Å². The van der Waals surface area contributed by atoms with Gasteiger partial charge in [-0.2, -0.15) is 0 Å². The Balaban J connectivity index is 1.20. The lowest BCUT2D eigenvalue weighted by Crippen LogP contribution is -2.16. The third-order valence-corrected chi connectivity index (χ3v) is 7.50. The van der Waals surface area contributed by atoms with Gasteiger partial charge in [0.1, 0.15) is 11.5 Å². The molecule has 0 amide bonds. The summed E-state index contributed by atoms with van der Waals surface area (Å²) in [6, 6.07) is 19.4. The van der Waals surface area contributed by atoms with E-state index >= 15 is 0 Å². The number of hydrogen-bond donors (Lipinski definition) is 2. The van der Waals surface area contributed by atoms with Gasteiger partial charge in [0.05, 0.1) is 18.9 Å². The molecule has 3 N–H and O–H groups in total. The second-order valence-electron chi connectivity index (χ2n) is 9.13. The molecule has 4 aromatic rings. The molecule has 0 spiro atoms. The fourth-order valence-corrected chi connectivity index (χ4v) is 5.03. The minimum absolute atomic E-state index is 0.0830. The average Bonchev–Trinajstić information content (AvgIpc) is 3.42. The summed E-state index contributed by atoms with van der Waals surface area (Å²) in [7, 11) is 2.07. The van der Waals surface area contributed by atoms with Gasteiger partial charge in [-0.25, -0.2) is 4.98 Å². The predicted octanol–water partition coefficient (Wildman–Crippen LogP) is 6.13. The van der Waals surface area contributed by atoms with Crippen LogP contribution in [0.2, 0.25) is 0 Å². The largest absolute Gasteiger partial charge is 0.494 e.